The number of anilines is 1. The second-order valence-electron chi connectivity index (χ2n) is 4.98. The molecular weight excluding hydrogens is 346 g/mol. The number of ether oxygens (including phenoxy) is 1. The van der Waals surface area contributed by atoms with E-state index >= 15 is 0 Å². The number of thiophene rings is 1. The zero-order valence-electron chi connectivity index (χ0n) is 13.6. The molecule has 1 aromatic heterocycles. The van der Waals surface area contributed by atoms with Gasteiger partial charge in [0.05, 0.1) is 24.4 Å². The molecule has 7 heteroatoms. The molecule has 0 saturated heterocycles. The number of hydrogen-bond donors (Lipinski definition) is 0. The van der Waals surface area contributed by atoms with E-state index in [-0.39, 0.29) is 17.4 Å². The number of hydrogen-bond acceptors (Lipinski definition) is 5. The lowest BCUT2D eigenvalue weighted by Crippen LogP contribution is -2.31. The molecule has 0 atom stereocenters. The van der Waals surface area contributed by atoms with E-state index in [1.54, 1.807) is 49.6 Å². The average Bonchev–Trinajstić information content (AvgIpc) is 3.08. The predicted molar refractivity (Wildman–Crippen MR) is 96.2 cm³/mol. The number of rotatable bonds is 7. The van der Waals surface area contributed by atoms with Gasteiger partial charge in [0.15, 0.2) is 0 Å². The first kappa shape index (κ1) is 18.2. The van der Waals surface area contributed by atoms with E-state index in [4.69, 9.17) is 4.74 Å². The standard InChI is InChI=1S/C17H19NO4S2/c1-4-10-18(24(20,21)16-7-6-11-23-16)15-9-8-14(12-13(15)3)17(19)22-5-2/h4,6-9,11-12H,1,5,10H2,2-3H3. The van der Waals surface area contributed by atoms with Gasteiger partial charge in [-0.1, -0.05) is 12.1 Å². The number of benzene rings is 1. The minimum atomic E-state index is -3.67. The summed E-state index contributed by atoms with van der Waals surface area (Å²) < 4.78 is 32.2. The van der Waals surface area contributed by atoms with Gasteiger partial charge in [-0.25, -0.2) is 13.2 Å². The molecule has 0 aliphatic rings. The second kappa shape index (κ2) is 7.63. The Labute approximate surface area is 146 Å². The van der Waals surface area contributed by atoms with Crippen molar-refractivity contribution in [2.24, 2.45) is 0 Å². The summed E-state index contributed by atoms with van der Waals surface area (Å²) in [7, 11) is -3.67. The maximum atomic E-state index is 12.9. The quantitative estimate of drug-likeness (QED) is 0.555. The Bertz CT molecular complexity index is 826. The van der Waals surface area contributed by atoms with Crippen molar-refractivity contribution in [3.05, 3.63) is 59.5 Å². The molecular formula is C17H19NO4S2. The molecule has 5 nitrogen and oxygen atoms in total. The Hall–Kier alpha value is -2.12. The molecule has 0 bridgehead atoms. The van der Waals surface area contributed by atoms with Crippen molar-refractivity contribution in [3.8, 4) is 0 Å². The van der Waals surface area contributed by atoms with Crippen LogP contribution in [0, 0.1) is 6.92 Å². The molecule has 0 unspecified atom stereocenters. The van der Waals surface area contributed by atoms with Crippen LogP contribution in [0.5, 0.6) is 0 Å². The summed E-state index contributed by atoms with van der Waals surface area (Å²) in [6.07, 6.45) is 1.53. The summed E-state index contributed by atoms with van der Waals surface area (Å²) in [4.78, 5) is 11.8. The summed E-state index contributed by atoms with van der Waals surface area (Å²) >= 11 is 1.16. The molecule has 0 aliphatic heterocycles. The number of sulfonamides is 1. The highest BCUT2D eigenvalue weighted by Crippen LogP contribution is 2.29. The number of esters is 1. The lowest BCUT2D eigenvalue weighted by molar-refractivity contribution is 0.0526. The van der Waals surface area contributed by atoms with Gasteiger partial charge in [-0.3, -0.25) is 4.31 Å². The Balaban J connectivity index is 2.46. The molecule has 2 rings (SSSR count). The smallest absolute Gasteiger partial charge is 0.338 e. The van der Waals surface area contributed by atoms with Crippen LogP contribution in [-0.2, 0) is 14.8 Å². The Morgan fingerprint density at radius 3 is 2.67 bits per heavy atom. The number of aryl methyl sites for hydroxylation is 1. The summed E-state index contributed by atoms with van der Waals surface area (Å²) in [5, 5.41) is 1.72. The van der Waals surface area contributed by atoms with E-state index in [1.807, 2.05) is 0 Å². The summed E-state index contributed by atoms with van der Waals surface area (Å²) in [6.45, 7) is 7.57. The van der Waals surface area contributed by atoms with Crippen molar-refractivity contribution in [1.29, 1.82) is 0 Å². The first-order chi connectivity index (χ1) is 11.4. The first-order valence-electron chi connectivity index (χ1n) is 7.36. The fourth-order valence-electron chi connectivity index (χ4n) is 2.24. The third-order valence-electron chi connectivity index (χ3n) is 3.31. The van der Waals surface area contributed by atoms with E-state index in [0.717, 1.165) is 11.3 Å². The van der Waals surface area contributed by atoms with Crippen molar-refractivity contribution in [2.45, 2.75) is 18.1 Å². The normalized spacial score (nSPS) is 11.1. The van der Waals surface area contributed by atoms with Crippen molar-refractivity contribution in [2.75, 3.05) is 17.5 Å². The van der Waals surface area contributed by atoms with Gasteiger partial charge in [0.1, 0.15) is 4.21 Å². The van der Waals surface area contributed by atoms with Gasteiger partial charge in [-0.05, 0) is 49.1 Å². The van der Waals surface area contributed by atoms with Gasteiger partial charge in [-0.2, -0.15) is 0 Å². The third-order valence-corrected chi connectivity index (χ3v) is 6.46. The maximum absolute atomic E-state index is 12.9. The van der Waals surface area contributed by atoms with E-state index in [2.05, 4.69) is 6.58 Å². The number of nitrogens with zero attached hydrogens (tertiary/aromatic N) is 1. The molecule has 0 aliphatic carbocycles. The molecule has 0 amide bonds. The highest BCUT2D eigenvalue weighted by molar-refractivity contribution is 7.94. The summed E-state index contributed by atoms with van der Waals surface area (Å²) in [5.74, 6) is -0.427. The minimum absolute atomic E-state index is 0.139. The van der Waals surface area contributed by atoms with Gasteiger partial charge in [0.25, 0.3) is 10.0 Å². The van der Waals surface area contributed by atoms with Gasteiger partial charge in [-0.15, -0.1) is 17.9 Å². The van der Waals surface area contributed by atoms with Crippen LogP contribution < -0.4 is 4.31 Å². The van der Waals surface area contributed by atoms with Crippen molar-refractivity contribution in [3.63, 3.8) is 0 Å². The van der Waals surface area contributed by atoms with Crippen LogP contribution in [-0.4, -0.2) is 27.5 Å². The van der Waals surface area contributed by atoms with Crippen molar-refractivity contribution < 1.29 is 17.9 Å². The van der Waals surface area contributed by atoms with E-state index in [0.29, 0.717) is 16.8 Å². The monoisotopic (exact) mass is 365 g/mol. The SMILES string of the molecule is C=CCN(c1ccc(C(=O)OCC)cc1C)S(=O)(=O)c1cccs1. The molecule has 1 aromatic carbocycles. The maximum Gasteiger partial charge on any atom is 0.338 e. The van der Waals surface area contributed by atoms with Crippen LogP contribution in [0.25, 0.3) is 0 Å². The molecule has 0 spiro atoms. The Kier molecular flexibility index (Phi) is 5.80. The molecule has 1 heterocycles. The van der Waals surface area contributed by atoms with E-state index < -0.39 is 16.0 Å². The molecule has 24 heavy (non-hydrogen) atoms. The van der Waals surface area contributed by atoms with Crippen LogP contribution in [0.3, 0.4) is 0 Å². The van der Waals surface area contributed by atoms with E-state index in [9.17, 15) is 13.2 Å². The summed E-state index contributed by atoms with van der Waals surface area (Å²) in [6, 6.07) is 8.09. The van der Waals surface area contributed by atoms with Crippen LogP contribution >= 0.6 is 11.3 Å². The molecule has 2 aromatic rings. The Morgan fingerprint density at radius 2 is 2.12 bits per heavy atom. The lowest BCUT2D eigenvalue weighted by Gasteiger charge is -2.24. The molecule has 0 radical (unpaired) electrons. The Morgan fingerprint density at radius 1 is 1.38 bits per heavy atom. The van der Waals surface area contributed by atoms with E-state index in [1.165, 1.54) is 10.4 Å². The third kappa shape index (κ3) is 3.68. The zero-order valence-corrected chi connectivity index (χ0v) is 15.2. The average molecular weight is 365 g/mol. The minimum Gasteiger partial charge on any atom is -0.462 e. The van der Waals surface area contributed by atoms with Crippen LogP contribution in [0.2, 0.25) is 0 Å². The van der Waals surface area contributed by atoms with Crippen LogP contribution in [0.1, 0.15) is 22.8 Å². The highest BCUT2D eigenvalue weighted by atomic mass is 32.2. The zero-order chi connectivity index (χ0) is 17.7. The van der Waals surface area contributed by atoms with Gasteiger partial charge in [0.2, 0.25) is 0 Å². The van der Waals surface area contributed by atoms with Gasteiger partial charge in [0, 0.05) is 0 Å². The molecule has 128 valence electrons. The second-order valence-corrected chi connectivity index (χ2v) is 8.02. The first-order valence-corrected chi connectivity index (χ1v) is 9.68. The molecule has 0 fully saturated rings. The number of carbonyl (C=O) groups is 1. The molecule has 0 N–H and O–H groups in total. The van der Waals surface area contributed by atoms with Crippen molar-refractivity contribution >= 4 is 33.0 Å². The van der Waals surface area contributed by atoms with Crippen molar-refractivity contribution in [1.82, 2.24) is 0 Å². The number of carbonyl (C=O) groups excluding carboxylic acids is 1. The van der Waals surface area contributed by atoms with Crippen LogP contribution in [0.4, 0.5) is 5.69 Å². The van der Waals surface area contributed by atoms with Crippen LogP contribution in [0.15, 0.2) is 52.6 Å². The largest absolute Gasteiger partial charge is 0.462 e. The topological polar surface area (TPSA) is 63.7 Å². The lowest BCUT2D eigenvalue weighted by atomic mass is 10.1. The highest BCUT2D eigenvalue weighted by Gasteiger charge is 2.26. The summed E-state index contributed by atoms with van der Waals surface area (Å²) in [5.41, 5.74) is 1.57. The van der Waals surface area contributed by atoms with Gasteiger partial charge < -0.3 is 4.74 Å². The predicted octanol–water partition coefficient (Wildman–Crippen LogP) is 3.61. The van der Waals surface area contributed by atoms with Gasteiger partial charge >= 0.3 is 5.97 Å². The fraction of sp³-hybridized carbons (Fsp3) is 0.235. The fourth-order valence-corrected chi connectivity index (χ4v) is 4.84. The molecule has 0 saturated carbocycles.